The van der Waals surface area contributed by atoms with Crippen molar-refractivity contribution in [3.8, 4) is 28.0 Å². The van der Waals surface area contributed by atoms with E-state index in [0.29, 0.717) is 12.1 Å². The first kappa shape index (κ1) is 19.1. The van der Waals surface area contributed by atoms with Gasteiger partial charge in [0.1, 0.15) is 5.75 Å². The van der Waals surface area contributed by atoms with E-state index in [9.17, 15) is 4.79 Å². The zero-order valence-electron chi connectivity index (χ0n) is 17.3. The molecule has 0 bridgehead atoms. The Morgan fingerprint density at radius 2 is 1.55 bits per heavy atom. The monoisotopic (exact) mass is 406 g/mol. The van der Waals surface area contributed by atoms with E-state index in [-0.39, 0.29) is 5.91 Å². The van der Waals surface area contributed by atoms with Crippen LogP contribution in [0.2, 0.25) is 0 Å². The molecule has 0 spiro atoms. The zero-order chi connectivity index (χ0) is 21.2. The van der Waals surface area contributed by atoms with Crippen molar-refractivity contribution >= 4 is 11.6 Å². The molecule has 0 radical (unpaired) electrons. The fraction of sp³-hybridized carbons (Fsp3) is 0.111. The first-order valence-corrected chi connectivity index (χ1v) is 10.3. The summed E-state index contributed by atoms with van der Waals surface area (Å²) in [6.45, 7) is 0.700. The highest BCUT2D eigenvalue weighted by Gasteiger charge is 2.25. The average molecular weight is 406 g/mol. The largest absolute Gasteiger partial charge is 0.497 e. The van der Waals surface area contributed by atoms with E-state index >= 15 is 0 Å². The molecule has 0 unspecified atom stereocenters. The number of carbonyl (C=O) groups excluding carboxylic acids is 1. The molecule has 4 aromatic rings. The maximum absolute atomic E-state index is 13.2. The minimum Gasteiger partial charge on any atom is -0.497 e. The standard InChI is InChI=1S/C27H22N2O2/c1-31-25-4-2-3-22(18-25)19-5-7-21(8-6-19)27(30)29-16-13-24-17-23(9-10-26(24)29)20-11-14-28-15-12-20/h2-12,14-15,17-18H,13,16H2,1H3. The van der Waals surface area contributed by atoms with E-state index < -0.39 is 0 Å². The first-order valence-electron chi connectivity index (χ1n) is 10.3. The summed E-state index contributed by atoms with van der Waals surface area (Å²) in [4.78, 5) is 19.2. The molecule has 152 valence electrons. The number of methoxy groups -OCH3 is 1. The van der Waals surface area contributed by atoms with Crippen molar-refractivity contribution in [1.82, 2.24) is 4.98 Å². The van der Waals surface area contributed by atoms with Crippen LogP contribution in [0.4, 0.5) is 5.69 Å². The number of rotatable bonds is 4. The van der Waals surface area contributed by atoms with Crippen LogP contribution in [-0.4, -0.2) is 24.5 Å². The van der Waals surface area contributed by atoms with Crippen molar-refractivity contribution in [1.29, 1.82) is 0 Å². The molecule has 0 fully saturated rings. The fourth-order valence-corrected chi connectivity index (χ4v) is 4.10. The number of amides is 1. The maximum Gasteiger partial charge on any atom is 0.258 e. The fourth-order valence-electron chi connectivity index (χ4n) is 4.10. The molecule has 0 atom stereocenters. The molecule has 31 heavy (non-hydrogen) atoms. The van der Waals surface area contributed by atoms with Gasteiger partial charge in [0.05, 0.1) is 7.11 Å². The second-order valence-corrected chi connectivity index (χ2v) is 7.60. The maximum atomic E-state index is 13.2. The summed E-state index contributed by atoms with van der Waals surface area (Å²) in [6.07, 6.45) is 4.46. The van der Waals surface area contributed by atoms with Gasteiger partial charge in [-0.3, -0.25) is 9.78 Å². The van der Waals surface area contributed by atoms with Crippen molar-refractivity contribution in [3.63, 3.8) is 0 Å². The van der Waals surface area contributed by atoms with Crippen molar-refractivity contribution < 1.29 is 9.53 Å². The number of hydrogen-bond acceptors (Lipinski definition) is 3. The number of hydrogen-bond donors (Lipinski definition) is 0. The second-order valence-electron chi connectivity index (χ2n) is 7.60. The van der Waals surface area contributed by atoms with Crippen molar-refractivity contribution in [2.45, 2.75) is 6.42 Å². The number of aromatic nitrogens is 1. The number of nitrogens with zero attached hydrogens (tertiary/aromatic N) is 2. The van der Waals surface area contributed by atoms with Gasteiger partial charge in [-0.2, -0.15) is 0 Å². The van der Waals surface area contributed by atoms with Gasteiger partial charge in [-0.05, 0) is 82.8 Å². The number of ether oxygens (including phenoxy) is 1. The van der Waals surface area contributed by atoms with E-state index in [2.05, 4.69) is 23.2 Å². The van der Waals surface area contributed by atoms with Crippen LogP contribution in [0.25, 0.3) is 22.3 Å². The van der Waals surface area contributed by atoms with Crippen molar-refractivity contribution in [3.05, 3.63) is 102 Å². The number of carbonyl (C=O) groups is 1. The Hall–Kier alpha value is -3.92. The smallest absolute Gasteiger partial charge is 0.258 e. The minimum absolute atomic E-state index is 0.0348. The van der Waals surface area contributed by atoms with Gasteiger partial charge < -0.3 is 9.64 Å². The van der Waals surface area contributed by atoms with Gasteiger partial charge in [-0.1, -0.05) is 30.3 Å². The Balaban J connectivity index is 1.38. The van der Waals surface area contributed by atoms with Crippen LogP contribution in [0, 0.1) is 0 Å². The van der Waals surface area contributed by atoms with Gasteiger partial charge >= 0.3 is 0 Å². The van der Waals surface area contributed by atoms with Gasteiger partial charge in [-0.25, -0.2) is 0 Å². The lowest BCUT2D eigenvalue weighted by Gasteiger charge is -2.18. The highest BCUT2D eigenvalue weighted by Crippen LogP contribution is 2.33. The Morgan fingerprint density at radius 3 is 2.32 bits per heavy atom. The summed E-state index contributed by atoms with van der Waals surface area (Å²) in [6, 6.07) is 26.0. The van der Waals surface area contributed by atoms with Gasteiger partial charge in [-0.15, -0.1) is 0 Å². The van der Waals surface area contributed by atoms with E-state index in [1.54, 1.807) is 19.5 Å². The molecule has 1 aliphatic rings. The van der Waals surface area contributed by atoms with Crippen molar-refractivity contribution in [2.24, 2.45) is 0 Å². The van der Waals surface area contributed by atoms with Crippen LogP contribution in [0.15, 0.2) is 91.3 Å². The number of fused-ring (bicyclic) bond motifs is 1. The summed E-state index contributed by atoms with van der Waals surface area (Å²) in [5.41, 5.74) is 7.30. The molecular weight excluding hydrogens is 384 g/mol. The summed E-state index contributed by atoms with van der Waals surface area (Å²) in [5.74, 6) is 0.852. The van der Waals surface area contributed by atoms with Crippen LogP contribution < -0.4 is 9.64 Å². The third-order valence-corrected chi connectivity index (χ3v) is 5.77. The first-order chi connectivity index (χ1) is 15.2. The highest BCUT2D eigenvalue weighted by molar-refractivity contribution is 6.07. The quantitative estimate of drug-likeness (QED) is 0.441. The predicted molar refractivity (Wildman–Crippen MR) is 123 cm³/mol. The summed E-state index contributed by atoms with van der Waals surface area (Å²) >= 11 is 0. The molecule has 2 heterocycles. The Labute approximate surface area is 181 Å². The summed E-state index contributed by atoms with van der Waals surface area (Å²) in [7, 11) is 1.66. The topological polar surface area (TPSA) is 42.4 Å². The highest BCUT2D eigenvalue weighted by atomic mass is 16.5. The SMILES string of the molecule is COc1cccc(-c2ccc(C(=O)N3CCc4cc(-c5ccncc5)ccc43)cc2)c1. The van der Waals surface area contributed by atoms with Gasteiger partial charge in [0.25, 0.3) is 5.91 Å². The molecule has 1 amide bonds. The molecule has 0 saturated heterocycles. The molecule has 1 aliphatic heterocycles. The molecule has 0 N–H and O–H groups in total. The lowest BCUT2D eigenvalue weighted by molar-refractivity contribution is 0.0989. The molecule has 4 nitrogen and oxygen atoms in total. The molecule has 5 rings (SSSR count). The van der Waals surface area contributed by atoms with E-state index in [4.69, 9.17) is 4.74 Å². The van der Waals surface area contributed by atoms with E-state index in [0.717, 1.165) is 40.1 Å². The molecule has 1 aromatic heterocycles. The van der Waals surface area contributed by atoms with E-state index in [1.807, 2.05) is 65.6 Å². The number of benzene rings is 3. The summed E-state index contributed by atoms with van der Waals surface area (Å²) in [5, 5.41) is 0. The predicted octanol–water partition coefficient (Wildman–Crippen LogP) is 5.63. The molecule has 4 heteroatoms. The zero-order valence-corrected chi connectivity index (χ0v) is 17.3. The lowest BCUT2D eigenvalue weighted by Crippen LogP contribution is -2.28. The van der Waals surface area contributed by atoms with Gasteiger partial charge in [0, 0.05) is 30.2 Å². The normalized spacial score (nSPS) is 12.5. The number of pyridine rings is 1. The van der Waals surface area contributed by atoms with Crippen molar-refractivity contribution in [2.75, 3.05) is 18.6 Å². The lowest BCUT2D eigenvalue weighted by atomic mass is 10.0. The second kappa shape index (κ2) is 8.07. The average Bonchev–Trinajstić information content (AvgIpc) is 3.27. The number of anilines is 1. The summed E-state index contributed by atoms with van der Waals surface area (Å²) < 4.78 is 5.31. The minimum atomic E-state index is 0.0348. The van der Waals surface area contributed by atoms with Crippen LogP contribution in [0.1, 0.15) is 15.9 Å². The Kier molecular flexibility index (Phi) is 4.97. The van der Waals surface area contributed by atoms with Gasteiger partial charge in [0.2, 0.25) is 0 Å². The van der Waals surface area contributed by atoms with E-state index in [1.165, 1.54) is 5.56 Å². The van der Waals surface area contributed by atoms with Gasteiger partial charge in [0.15, 0.2) is 0 Å². The third-order valence-electron chi connectivity index (χ3n) is 5.77. The Morgan fingerprint density at radius 1 is 0.839 bits per heavy atom. The molecule has 0 aliphatic carbocycles. The van der Waals surface area contributed by atoms with Crippen LogP contribution in [0.5, 0.6) is 5.75 Å². The molecule has 0 saturated carbocycles. The third kappa shape index (κ3) is 3.68. The van der Waals surface area contributed by atoms with Crippen LogP contribution in [-0.2, 0) is 6.42 Å². The Bertz CT molecular complexity index is 1230. The molecule has 3 aromatic carbocycles. The molecular formula is C27H22N2O2. The van der Waals surface area contributed by atoms with Crippen LogP contribution in [0.3, 0.4) is 0 Å². The van der Waals surface area contributed by atoms with Crippen LogP contribution >= 0.6 is 0 Å².